The quantitative estimate of drug-likeness (QED) is 0.375. The molecule has 3 aromatic carbocycles. The Morgan fingerprint density at radius 3 is 2.21 bits per heavy atom. The molecule has 2 N–H and O–H groups in total. The van der Waals surface area contributed by atoms with E-state index in [1.807, 2.05) is 30.3 Å². The number of methoxy groups -OCH3 is 1. The third kappa shape index (κ3) is 7.06. The average Bonchev–Trinajstić information content (AvgIpc) is 2.83. The van der Waals surface area contributed by atoms with Crippen molar-refractivity contribution in [2.24, 2.45) is 0 Å². The summed E-state index contributed by atoms with van der Waals surface area (Å²) in [7, 11) is 1.54. The van der Waals surface area contributed by atoms with Crippen LogP contribution in [0.5, 0.6) is 5.75 Å². The Hall–Kier alpha value is -4.40. The summed E-state index contributed by atoms with van der Waals surface area (Å²) < 4.78 is 10.4. The van der Waals surface area contributed by atoms with Crippen LogP contribution < -0.4 is 15.4 Å². The number of amides is 2. The number of hydrogen-bond acceptors (Lipinski definition) is 6. The Kier molecular flexibility index (Phi) is 7.96. The lowest BCUT2D eigenvalue weighted by Gasteiger charge is -2.19. The molecule has 9 nitrogen and oxygen atoms in total. The fraction of sp³-hybridized carbons (Fsp3) is 0.167. The number of carbonyl (C=O) groups excluding carboxylic acids is 2. The maximum atomic E-state index is 12.9. The molecule has 9 heteroatoms. The normalized spacial score (nSPS) is 11.2. The van der Waals surface area contributed by atoms with Gasteiger partial charge in [0.1, 0.15) is 18.4 Å². The molecule has 3 rings (SSSR count). The van der Waals surface area contributed by atoms with Crippen molar-refractivity contribution in [2.45, 2.75) is 19.1 Å². The molecule has 0 unspecified atom stereocenters. The summed E-state index contributed by atoms with van der Waals surface area (Å²) in [5.41, 5.74) is 1.91. The molecule has 0 spiro atoms. The molecule has 170 valence electrons. The first-order valence-corrected chi connectivity index (χ1v) is 10.1. The van der Waals surface area contributed by atoms with Crippen LogP contribution in [-0.4, -0.2) is 30.1 Å². The van der Waals surface area contributed by atoms with E-state index in [2.05, 4.69) is 10.6 Å². The fourth-order valence-corrected chi connectivity index (χ4v) is 3.01. The molecule has 0 aliphatic carbocycles. The minimum atomic E-state index is -0.975. The van der Waals surface area contributed by atoms with Crippen LogP contribution in [0.15, 0.2) is 78.9 Å². The number of non-ortho nitro benzene ring substituents is 1. The highest BCUT2D eigenvalue weighted by Crippen LogP contribution is 2.17. The number of benzene rings is 3. The third-order valence-electron chi connectivity index (χ3n) is 4.77. The highest BCUT2D eigenvalue weighted by molar-refractivity contribution is 5.96. The van der Waals surface area contributed by atoms with Gasteiger partial charge in [0.2, 0.25) is 5.91 Å². The second-order valence-corrected chi connectivity index (χ2v) is 7.10. The van der Waals surface area contributed by atoms with Gasteiger partial charge in [-0.15, -0.1) is 0 Å². The highest BCUT2D eigenvalue weighted by atomic mass is 16.6. The van der Waals surface area contributed by atoms with Gasteiger partial charge in [-0.2, -0.15) is 0 Å². The van der Waals surface area contributed by atoms with E-state index in [0.717, 1.165) is 5.56 Å². The first-order valence-electron chi connectivity index (χ1n) is 10.1. The molecule has 0 aliphatic heterocycles. The summed E-state index contributed by atoms with van der Waals surface area (Å²) in [5, 5.41) is 16.2. The number of ether oxygens (including phenoxy) is 2. The van der Waals surface area contributed by atoms with Crippen molar-refractivity contribution in [3.63, 3.8) is 0 Å². The summed E-state index contributed by atoms with van der Waals surface area (Å²) in [6.45, 7) is 0.0526. The van der Waals surface area contributed by atoms with Gasteiger partial charge >= 0.3 is 6.09 Å². The van der Waals surface area contributed by atoms with Gasteiger partial charge in [0.15, 0.2) is 0 Å². The maximum Gasteiger partial charge on any atom is 0.408 e. The maximum absolute atomic E-state index is 12.9. The van der Waals surface area contributed by atoms with Crippen LogP contribution in [0, 0.1) is 10.1 Å². The van der Waals surface area contributed by atoms with Gasteiger partial charge < -0.3 is 20.1 Å². The number of hydrogen-bond donors (Lipinski definition) is 2. The Morgan fingerprint density at radius 2 is 1.61 bits per heavy atom. The molecule has 0 bridgehead atoms. The molecule has 0 aliphatic rings. The van der Waals surface area contributed by atoms with E-state index in [4.69, 9.17) is 9.47 Å². The average molecular weight is 449 g/mol. The van der Waals surface area contributed by atoms with E-state index in [9.17, 15) is 19.7 Å². The van der Waals surface area contributed by atoms with Crippen LogP contribution in [0.25, 0.3) is 0 Å². The summed E-state index contributed by atoms with van der Waals surface area (Å²) in [6.07, 6.45) is -0.643. The number of nitrogens with zero attached hydrogens (tertiary/aromatic N) is 1. The van der Waals surface area contributed by atoms with Gasteiger partial charge in [0.05, 0.1) is 12.0 Å². The second-order valence-electron chi connectivity index (χ2n) is 7.10. The smallest absolute Gasteiger partial charge is 0.408 e. The minimum Gasteiger partial charge on any atom is -0.497 e. The van der Waals surface area contributed by atoms with Crippen LogP contribution in [0.1, 0.15) is 11.1 Å². The predicted molar refractivity (Wildman–Crippen MR) is 122 cm³/mol. The molecule has 0 saturated carbocycles. The van der Waals surface area contributed by atoms with E-state index in [-0.39, 0.29) is 18.7 Å². The van der Waals surface area contributed by atoms with Crippen LogP contribution in [0.3, 0.4) is 0 Å². The molecular weight excluding hydrogens is 426 g/mol. The fourth-order valence-electron chi connectivity index (χ4n) is 3.01. The van der Waals surface area contributed by atoms with Crippen LogP contribution in [-0.2, 0) is 22.6 Å². The van der Waals surface area contributed by atoms with E-state index >= 15 is 0 Å². The van der Waals surface area contributed by atoms with E-state index in [0.29, 0.717) is 17.0 Å². The number of nitro benzene ring substituents is 1. The molecule has 0 aromatic heterocycles. The number of anilines is 1. The molecule has 0 radical (unpaired) electrons. The number of carbonyl (C=O) groups is 2. The van der Waals surface area contributed by atoms with E-state index < -0.39 is 23.0 Å². The summed E-state index contributed by atoms with van der Waals surface area (Å²) in [5.74, 6) is 0.174. The molecule has 0 fully saturated rings. The molecule has 0 heterocycles. The van der Waals surface area contributed by atoms with Gasteiger partial charge in [-0.25, -0.2) is 4.79 Å². The molecule has 2 amide bonds. The van der Waals surface area contributed by atoms with Crippen LogP contribution in [0.2, 0.25) is 0 Å². The zero-order chi connectivity index (χ0) is 23.6. The molecular formula is C24H23N3O6. The summed E-state index contributed by atoms with van der Waals surface area (Å²) in [6, 6.07) is 20.7. The van der Waals surface area contributed by atoms with Gasteiger partial charge in [0, 0.05) is 24.2 Å². The van der Waals surface area contributed by atoms with Crippen LogP contribution in [0.4, 0.5) is 16.2 Å². The Labute approximate surface area is 190 Å². The SMILES string of the molecule is COc1ccc(NC(=O)[C@@H](Cc2ccc([N+](=O)[O-])cc2)NC(=O)OCc2ccccc2)cc1. The summed E-state index contributed by atoms with van der Waals surface area (Å²) in [4.78, 5) is 35.7. The van der Waals surface area contributed by atoms with Crippen molar-refractivity contribution in [1.29, 1.82) is 0 Å². The van der Waals surface area contributed by atoms with Crippen molar-refractivity contribution < 1.29 is 24.0 Å². The highest BCUT2D eigenvalue weighted by Gasteiger charge is 2.23. The first kappa shape index (κ1) is 23.3. The number of alkyl carbamates (subject to hydrolysis) is 1. The Balaban J connectivity index is 1.70. The van der Waals surface area contributed by atoms with Gasteiger partial charge in [-0.3, -0.25) is 14.9 Å². The topological polar surface area (TPSA) is 120 Å². The van der Waals surface area contributed by atoms with Crippen molar-refractivity contribution in [3.8, 4) is 5.75 Å². The molecule has 0 saturated heterocycles. The number of nitrogens with one attached hydrogen (secondary N) is 2. The Bertz CT molecular complexity index is 1090. The monoisotopic (exact) mass is 449 g/mol. The largest absolute Gasteiger partial charge is 0.497 e. The van der Waals surface area contributed by atoms with Crippen molar-refractivity contribution in [3.05, 3.63) is 100 Å². The van der Waals surface area contributed by atoms with Gasteiger partial charge in [-0.1, -0.05) is 42.5 Å². The van der Waals surface area contributed by atoms with Gasteiger partial charge in [0.25, 0.3) is 5.69 Å². The van der Waals surface area contributed by atoms with E-state index in [1.165, 1.54) is 12.1 Å². The lowest BCUT2D eigenvalue weighted by atomic mass is 10.0. The van der Waals surface area contributed by atoms with Crippen molar-refractivity contribution >= 4 is 23.4 Å². The molecule has 33 heavy (non-hydrogen) atoms. The van der Waals surface area contributed by atoms with E-state index in [1.54, 1.807) is 43.5 Å². The number of rotatable bonds is 9. The second kappa shape index (κ2) is 11.3. The van der Waals surface area contributed by atoms with Gasteiger partial charge in [-0.05, 0) is 35.4 Å². The molecule has 3 aromatic rings. The lowest BCUT2D eigenvalue weighted by Crippen LogP contribution is -2.45. The lowest BCUT2D eigenvalue weighted by molar-refractivity contribution is -0.384. The third-order valence-corrected chi connectivity index (χ3v) is 4.77. The zero-order valence-electron chi connectivity index (χ0n) is 17.9. The van der Waals surface area contributed by atoms with Crippen molar-refractivity contribution in [1.82, 2.24) is 5.32 Å². The van der Waals surface area contributed by atoms with Crippen molar-refractivity contribution in [2.75, 3.05) is 12.4 Å². The number of nitro groups is 1. The first-order chi connectivity index (χ1) is 15.9. The summed E-state index contributed by atoms with van der Waals surface area (Å²) >= 11 is 0. The zero-order valence-corrected chi connectivity index (χ0v) is 17.9. The Morgan fingerprint density at radius 1 is 0.939 bits per heavy atom. The standard InChI is InChI=1S/C24H23N3O6/c1-32-21-13-9-19(10-14-21)25-23(28)22(15-17-7-11-20(12-8-17)27(30)31)26-24(29)33-16-18-5-3-2-4-6-18/h2-14,22H,15-16H2,1H3,(H,25,28)(H,26,29)/t22-/m1/s1. The predicted octanol–water partition coefficient (Wildman–Crippen LogP) is 4.08. The van der Waals surface area contributed by atoms with Crippen LogP contribution >= 0.6 is 0 Å². The minimum absolute atomic E-state index is 0.0526. The molecule has 1 atom stereocenters.